The number of nitrogens with one attached hydrogen (secondary N) is 1. The van der Waals surface area contributed by atoms with Crippen LogP contribution in [0.3, 0.4) is 0 Å². The van der Waals surface area contributed by atoms with Crippen LogP contribution in [-0.2, 0) is 22.6 Å². The van der Waals surface area contributed by atoms with E-state index in [1.54, 1.807) is 0 Å². The Kier molecular flexibility index (Phi) is 5.68. The lowest BCUT2D eigenvalue weighted by molar-refractivity contribution is -0.129. The predicted octanol–water partition coefficient (Wildman–Crippen LogP) is 3.34. The molecular formula is C23H21N3O2S. The van der Waals surface area contributed by atoms with Crippen molar-refractivity contribution in [1.29, 1.82) is 5.26 Å². The van der Waals surface area contributed by atoms with Crippen molar-refractivity contribution >= 4 is 23.6 Å². The van der Waals surface area contributed by atoms with Gasteiger partial charge in [0.1, 0.15) is 0 Å². The fourth-order valence-corrected chi connectivity index (χ4v) is 4.82. The van der Waals surface area contributed by atoms with Gasteiger partial charge in [-0.05, 0) is 23.1 Å². The van der Waals surface area contributed by atoms with Crippen LogP contribution in [0.2, 0.25) is 0 Å². The van der Waals surface area contributed by atoms with E-state index in [0.717, 1.165) is 12.0 Å². The van der Waals surface area contributed by atoms with Gasteiger partial charge in [-0.2, -0.15) is 5.26 Å². The Morgan fingerprint density at radius 3 is 2.62 bits per heavy atom. The number of allylic oxidation sites excluding steroid dienone is 1. The molecule has 6 heteroatoms. The number of fused-ring (bicyclic) bond motifs is 1. The zero-order chi connectivity index (χ0) is 20.2. The first-order valence-corrected chi connectivity index (χ1v) is 10.6. The Morgan fingerprint density at radius 1 is 1.14 bits per heavy atom. The summed E-state index contributed by atoms with van der Waals surface area (Å²) in [6.07, 6.45) is 1.10. The molecular weight excluding hydrogens is 382 g/mol. The van der Waals surface area contributed by atoms with Crippen molar-refractivity contribution in [3.8, 4) is 6.07 Å². The van der Waals surface area contributed by atoms with Gasteiger partial charge in [0.15, 0.2) is 0 Å². The molecule has 2 aliphatic rings. The Labute approximate surface area is 174 Å². The van der Waals surface area contributed by atoms with Crippen LogP contribution in [0.15, 0.2) is 65.2 Å². The van der Waals surface area contributed by atoms with Gasteiger partial charge in [-0.15, -0.1) is 0 Å². The predicted molar refractivity (Wildman–Crippen MR) is 113 cm³/mol. The van der Waals surface area contributed by atoms with E-state index >= 15 is 0 Å². The molecule has 0 unspecified atom stereocenters. The minimum absolute atomic E-state index is 0.0189. The second-order valence-corrected chi connectivity index (χ2v) is 8.18. The largest absolute Gasteiger partial charge is 0.337 e. The first kappa shape index (κ1) is 19.3. The zero-order valence-corrected chi connectivity index (χ0v) is 16.7. The van der Waals surface area contributed by atoms with Crippen molar-refractivity contribution in [2.75, 3.05) is 12.3 Å². The molecule has 146 valence electrons. The van der Waals surface area contributed by atoms with Crippen molar-refractivity contribution in [2.45, 2.75) is 25.3 Å². The van der Waals surface area contributed by atoms with Gasteiger partial charge < -0.3 is 10.2 Å². The topological polar surface area (TPSA) is 73.2 Å². The second kappa shape index (κ2) is 8.54. The van der Waals surface area contributed by atoms with Crippen LogP contribution in [0.4, 0.5) is 0 Å². The number of hydrogen-bond donors (Lipinski definition) is 1. The van der Waals surface area contributed by atoms with Crippen LogP contribution in [-0.4, -0.2) is 29.0 Å². The maximum Gasteiger partial charge on any atom is 0.233 e. The molecule has 2 heterocycles. The van der Waals surface area contributed by atoms with Gasteiger partial charge in [0.05, 0.1) is 22.4 Å². The highest BCUT2D eigenvalue weighted by atomic mass is 32.2. The summed E-state index contributed by atoms with van der Waals surface area (Å²) in [7, 11) is 0. The van der Waals surface area contributed by atoms with Crippen molar-refractivity contribution in [3.63, 3.8) is 0 Å². The smallest absolute Gasteiger partial charge is 0.233 e. The molecule has 0 aromatic heterocycles. The summed E-state index contributed by atoms with van der Waals surface area (Å²) in [5.41, 5.74) is 3.95. The van der Waals surface area contributed by atoms with E-state index in [1.165, 1.54) is 22.9 Å². The van der Waals surface area contributed by atoms with Gasteiger partial charge in [-0.3, -0.25) is 9.59 Å². The molecule has 0 saturated carbocycles. The van der Waals surface area contributed by atoms with E-state index in [9.17, 15) is 14.9 Å². The number of hydrogen-bond acceptors (Lipinski definition) is 4. The van der Waals surface area contributed by atoms with Crippen molar-refractivity contribution < 1.29 is 9.59 Å². The van der Waals surface area contributed by atoms with Gasteiger partial charge in [0, 0.05) is 25.4 Å². The second-order valence-electron chi connectivity index (χ2n) is 7.19. The van der Waals surface area contributed by atoms with Crippen LogP contribution in [0.5, 0.6) is 0 Å². The van der Waals surface area contributed by atoms with Crippen LogP contribution in [0, 0.1) is 11.3 Å². The SMILES string of the molecule is N#CC1=C(SCC(=O)N2CCc3ccccc3C2)NC(=O)C[C@@H]1c1ccccc1. The number of nitriles is 1. The number of benzene rings is 2. The van der Waals surface area contributed by atoms with Crippen molar-refractivity contribution in [1.82, 2.24) is 10.2 Å². The summed E-state index contributed by atoms with van der Waals surface area (Å²) >= 11 is 1.25. The van der Waals surface area contributed by atoms with E-state index in [2.05, 4.69) is 23.5 Å². The van der Waals surface area contributed by atoms with Gasteiger partial charge in [0.2, 0.25) is 11.8 Å². The number of thioether (sulfide) groups is 1. The Balaban J connectivity index is 1.48. The van der Waals surface area contributed by atoms with Crippen LogP contribution in [0.25, 0.3) is 0 Å². The first-order valence-electron chi connectivity index (χ1n) is 9.62. The lowest BCUT2D eigenvalue weighted by Crippen LogP contribution is -2.37. The number of amides is 2. The number of nitrogens with zero attached hydrogens (tertiary/aromatic N) is 2. The average Bonchev–Trinajstić information content (AvgIpc) is 2.77. The molecule has 0 saturated heterocycles. The quantitative estimate of drug-likeness (QED) is 0.850. The molecule has 0 fully saturated rings. The molecule has 0 aliphatic carbocycles. The summed E-state index contributed by atoms with van der Waals surface area (Å²) in [4.78, 5) is 26.9. The van der Waals surface area contributed by atoms with Gasteiger partial charge in [-0.25, -0.2) is 0 Å². The van der Waals surface area contributed by atoms with Crippen LogP contribution < -0.4 is 5.32 Å². The molecule has 0 bridgehead atoms. The molecule has 4 rings (SSSR count). The molecule has 2 aromatic carbocycles. The third kappa shape index (κ3) is 4.20. The number of carbonyl (C=O) groups excluding carboxylic acids is 2. The highest BCUT2D eigenvalue weighted by molar-refractivity contribution is 8.03. The first-order chi connectivity index (χ1) is 14.2. The summed E-state index contributed by atoms with van der Waals surface area (Å²) in [5, 5.41) is 13.0. The van der Waals surface area contributed by atoms with E-state index in [0.29, 0.717) is 23.7 Å². The minimum Gasteiger partial charge on any atom is -0.337 e. The monoisotopic (exact) mass is 403 g/mol. The maximum absolute atomic E-state index is 12.8. The summed E-state index contributed by atoms with van der Waals surface area (Å²) < 4.78 is 0. The minimum atomic E-state index is -0.269. The summed E-state index contributed by atoms with van der Waals surface area (Å²) in [6.45, 7) is 1.30. The third-order valence-corrected chi connectivity index (χ3v) is 6.38. The highest BCUT2D eigenvalue weighted by Gasteiger charge is 2.30. The molecule has 0 spiro atoms. The molecule has 5 nitrogen and oxygen atoms in total. The molecule has 0 radical (unpaired) electrons. The third-order valence-electron chi connectivity index (χ3n) is 5.38. The molecule has 1 atom stereocenters. The lowest BCUT2D eigenvalue weighted by atomic mass is 9.87. The van der Waals surface area contributed by atoms with Crippen LogP contribution in [0.1, 0.15) is 29.0 Å². The highest BCUT2D eigenvalue weighted by Crippen LogP contribution is 2.36. The zero-order valence-electron chi connectivity index (χ0n) is 15.9. The fraction of sp³-hybridized carbons (Fsp3) is 0.261. The Bertz CT molecular complexity index is 1010. The fourth-order valence-electron chi connectivity index (χ4n) is 3.84. The molecule has 2 aromatic rings. The molecule has 2 amide bonds. The Morgan fingerprint density at radius 2 is 1.86 bits per heavy atom. The Hall–Kier alpha value is -3.04. The number of rotatable bonds is 4. The average molecular weight is 404 g/mol. The standard InChI is InChI=1S/C23H21N3O2S/c24-13-20-19(17-7-2-1-3-8-17)12-21(27)25-23(20)29-15-22(28)26-11-10-16-6-4-5-9-18(16)14-26/h1-9,19H,10-12,14-15H2,(H,25,27)/t19-/m1/s1. The van der Waals surface area contributed by atoms with E-state index in [-0.39, 0.29) is 29.9 Å². The summed E-state index contributed by atoms with van der Waals surface area (Å²) in [6, 6.07) is 20.0. The van der Waals surface area contributed by atoms with Crippen molar-refractivity contribution in [3.05, 3.63) is 81.9 Å². The molecule has 1 N–H and O–H groups in total. The maximum atomic E-state index is 12.8. The molecule has 29 heavy (non-hydrogen) atoms. The van der Waals surface area contributed by atoms with E-state index in [1.807, 2.05) is 47.4 Å². The van der Waals surface area contributed by atoms with E-state index < -0.39 is 0 Å². The van der Waals surface area contributed by atoms with Crippen LogP contribution >= 0.6 is 11.8 Å². The van der Waals surface area contributed by atoms with Gasteiger partial charge in [0.25, 0.3) is 0 Å². The normalized spacial score (nSPS) is 18.7. The van der Waals surface area contributed by atoms with Crippen molar-refractivity contribution in [2.24, 2.45) is 0 Å². The number of carbonyl (C=O) groups is 2. The van der Waals surface area contributed by atoms with Gasteiger partial charge >= 0.3 is 0 Å². The molecule has 2 aliphatic heterocycles. The van der Waals surface area contributed by atoms with E-state index in [4.69, 9.17) is 0 Å². The summed E-state index contributed by atoms with van der Waals surface area (Å²) in [5.74, 6) is -0.177. The van der Waals surface area contributed by atoms with Gasteiger partial charge in [-0.1, -0.05) is 66.4 Å². The lowest BCUT2D eigenvalue weighted by Gasteiger charge is -2.29.